The number of carbonyl (C=O) groups is 2. The Hall–Kier alpha value is -2.98. The number of fused-ring (bicyclic) bond motifs is 2. The fourth-order valence-electron chi connectivity index (χ4n) is 3.47. The second-order valence-corrected chi connectivity index (χ2v) is 7.82. The molecule has 1 aromatic carbocycles. The van der Waals surface area contributed by atoms with Gasteiger partial charge in [0.1, 0.15) is 23.9 Å². The van der Waals surface area contributed by atoms with E-state index < -0.39 is 11.0 Å². The van der Waals surface area contributed by atoms with E-state index in [0.717, 1.165) is 23.5 Å². The van der Waals surface area contributed by atoms with Crippen LogP contribution in [0.15, 0.2) is 53.7 Å². The Morgan fingerprint density at radius 3 is 2.72 bits per heavy atom. The number of nitrogens with zero attached hydrogens (tertiary/aromatic N) is 4. The molecule has 1 aromatic heterocycles. The van der Waals surface area contributed by atoms with Gasteiger partial charge in [0.15, 0.2) is 0 Å². The minimum Gasteiger partial charge on any atom is -0.310 e. The summed E-state index contributed by atoms with van der Waals surface area (Å²) in [5.74, 6) is 0. The molecule has 0 aliphatic carbocycles. The standard InChI is InChI=1S/C19H18N4O5S/c24-18(29-17-9-7-14(10-20-17)23(26)27)16-8-6-15-11-21(16)19(25)22(15)28-12-13-4-2-1-3-5-13/h1-5,7,9-10,15-16H,6,8,11-12H2/t15-,16+/m1/s1. The third-order valence-electron chi connectivity index (χ3n) is 4.94. The van der Waals surface area contributed by atoms with E-state index in [9.17, 15) is 19.7 Å². The minimum absolute atomic E-state index is 0.0715. The Morgan fingerprint density at radius 1 is 1.24 bits per heavy atom. The van der Waals surface area contributed by atoms with Crippen LogP contribution in [0.5, 0.6) is 0 Å². The normalized spacial score (nSPS) is 20.8. The first-order chi connectivity index (χ1) is 14.0. The van der Waals surface area contributed by atoms with E-state index in [0.29, 0.717) is 24.4 Å². The van der Waals surface area contributed by atoms with Crippen molar-refractivity contribution in [2.75, 3.05) is 6.54 Å². The molecule has 10 heteroatoms. The lowest BCUT2D eigenvalue weighted by Gasteiger charge is -2.28. The van der Waals surface area contributed by atoms with Crippen LogP contribution >= 0.6 is 11.8 Å². The second kappa shape index (κ2) is 8.18. The molecule has 2 fully saturated rings. The molecule has 9 nitrogen and oxygen atoms in total. The number of carbonyl (C=O) groups excluding carboxylic acids is 2. The van der Waals surface area contributed by atoms with Gasteiger partial charge in [0.25, 0.3) is 5.69 Å². The summed E-state index contributed by atoms with van der Waals surface area (Å²) < 4.78 is 0. The van der Waals surface area contributed by atoms with Gasteiger partial charge in [-0.1, -0.05) is 30.3 Å². The van der Waals surface area contributed by atoms with Crippen molar-refractivity contribution < 1.29 is 19.3 Å². The lowest BCUT2D eigenvalue weighted by Crippen LogP contribution is -2.44. The van der Waals surface area contributed by atoms with Gasteiger partial charge >= 0.3 is 6.03 Å². The van der Waals surface area contributed by atoms with Crippen molar-refractivity contribution in [3.63, 3.8) is 0 Å². The Morgan fingerprint density at radius 2 is 2.03 bits per heavy atom. The molecule has 4 rings (SSSR count). The fraction of sp³-hybridized carbons (Fsp3) is 0.316. The maximum atomic E-state index is 12.8. The molecule has 2 amide bonds. The zero-order chi connectivity index (χ0) is 20.4. The van der Waals surface area contributed by atoms with Crippen LogP contribution in [-0.2, 0) is 16.2 Å². The summed E-state index contributed by atoms with van der Waals surface area (Å²) in [4.78, 5) is 46.9. The van der Waals surface area contributed by atoms with Crippen molar-refractivity contribution in [1.29, 1.82) is 0 Å². The maximum absolute atomic E-state index is 12.8. The van der Waals surface area contributed by atoms with Crippen LogP contribution in [-0.4, -0.2) is 49.6 Å². The van der Waals surface area contributed by atoms with Crippen molar-refractivity contribution in [3.8, 4) is 0 Å². The average Bonchev–Trinajstić information content (AvgIpc) is 2.97. The number of piperidine rings is 1. The highest BCUT2D eigenvalue weighted by Crippen LogP contribution is 2.34. The molecule has 2 aliphatic rings. The first-order valence-electron chi connectivity index (χ1n) is 9.12. The third-order valence-corrected chi connectivity index (χ3v) is 5.87. The number of pyridine rings is 1. The number of thioether (sulfide) groups is 1. The summed E-state index contributed by atoms with van der Waals surface area (Å²) in [6.45, 7) is 0.731. The molecule has 29 heavy (non-hydrogen) atoms. The number of rotatable bonds is 6. The fourth-order valence-corrected chi connectivity index (χ4v) is 4.30. The largest absolute Gasteiger partial charge is 0.344 e. The Kier molecular flexibility index (Phi) is 5.45. The van der Waals surface area contributed by atoms with E-state index in [1.807, 2.05) is 30.3 Å². The monoisotopic (exact) mass is 414 g/mol. The van der Waals surface area contributed by atoms with E-state index in [1.165, 1.54) is 17.2 Å². The number of benzene rings is 1. The Labute approximate surface area is 170 Å². The predicted octanol–water partition coefficient (Wildman–Crippen LogP) is 3.01. The van der Waals surface area contributed by atoms with Crippen molar-refractivity contribution in [3.05, 3.63) is 64.3 Å². The van der Waals surface area contributed by atoms with Crippen LogP contribution < -0.4 is 0 Å². The number of hydrogen-bond acceptors (Lipinski definition) is 7. The van der Waals surface area contributed by atoms with Gasteiger partial charge in [0, 0.05) is 12.6 Å². The zero-order valence-corrected chi connectivity index (χ0v) is 16.2. The number of amides is 2. The molecule has 150 valence electrons. The summed E-state index contributed by atoms with van der Waals surface area (Å²) in [6, 6.07) is 11.4. The van der Waals surface area contributed by atoms with Crippen molar-refractivity contribution in [1.82, 2.24) is 14.9 Å². The number of hydroxylamine groups is 2. The molecule has 0 saturated carbocycles. The number of aromatic nitrogens is 1. The number of hydrogen-bond donors (Lipinski definition) is 0. The highest BCUT2D eigenvalue weighted by Gasteiger charge is 2.48. The van der Waals surface area contributed by atoms with Crippen molar-refractivity contribution >= 4 is 28.6 Å². The summed E-state index contributed by atoms with van der Waals surface area (Å²) in [5.41, 5.74) is 0.826. The SMILES string of the molecule is O=C(Sc1ccc([N+](=O)[O-])cn1)[C@@H]1CC[C@@H]2CN1C(=O)N2OCc1ccccc1. The van der Waals surface area contributed by atoms with E-state index in [4.69, 9.17) is 4.84 Å². The van der Waals surface area contributed by atoms with Gasteiger partial charge in [-0.15, -0.1) is 0 Å². The Bertz CT molecular complexity index is 924. The van der Waals surface area contributed by atoms with Gasteiger partial charge in [-0.05, 0) is 36.2 Å². The van der Waals surface area contributed by atoms with Crippen LogP contribution in [0, 0.1) is 10.1 Å². The third kappa shape index (κ3) is 4.08. The van der Waals surface area contributed by atoms with Crippen LogP contribution in [0.25, 0.3) is 0 Å². The molecule has 0 radical (unpaired) electrons. The smallest absolute Gasteiger partial charge is 0.310 e. The summed E-state index contributed by atoms with van der Waals surface area (Å²) in [5, 5.41) is 12.3. The van der Waals surface area contributed by atoms with E-state index in [1.54, 1.807) is 4.90 Å². The zero-order valence-electron chi connectivity index (χ0n) is 15.3. The number of nitro groups is 1. The maximum Gasteiger partial charge on any atom is 0.344 e. The topological polar surface area (TPSA) is 106 Å². The molecule has 2 atom stereocenters. The molecular formula is C19H18N4O5S. The average molecular weight is 414 g/mol. The molecule has 0 spiro atoms. The second-order valence-electron chi connectivity index (χ2n) is 6.80. The van der Waals surface area contributed by atoms with Crippen LogP contribution in [0.1, 0.15) is 18.4 Å². The van der Waals surface area contributed by atoms with Crippen molar-refractivity contribution in [2.45, 2.75) is 36.6 Å². The highest BCUT2D eigenvalue weighted by atomic mass is 32.2. The molecule has 2 aliphatic heterocycles. The Balaban J connectivity index is 1.38. The van der Waals surface area contributed by atoms with Gasteiger partial charge in [0.05, 0.1) is 11.0 Å². The lowest BCUT2D eigenvalue weighted by molar-refractivity contribution is -0.385. The molecule has 0 unspecified atom stereocenters. The molecule has 0 N–H and O–H groups in total. The van der Waals surface area contributed by atoms with Crippen LogP contribution in [0.3, 0.4) is 0 Å². The molecule has 2 bridgehead atoms. The van der Waals surface area contributed by atoms with Gasteiger partial charge in [-0.3, -0.25) is 19.7 Å². The van der Waals surface area contributed by atoms with Gasteiger partial charge in [-0.25, -0.2) is 9.78 Å². The van der Waals surface area contributed by atoms with E-state index >= 15 is 0 Å². The van der Waals surface area contributed by atoms with E-state index in [2.05, 4.69) is 4.98 Å². The lowest BCUT2D eigenvalue weighted by atomic mass is 10.0. The minimum atomic E-state index is -0.564. The van der Waals surface area contributed by atoms with Gasteiger partial charge in [0.2, 0.25) is 5.12 Å². The predicted molar refractivity (Wildman–Crippen MR) is 104 cm³/mol. The van der Waals surface area contributed by atoms with Gasteiger partial charge in [-0.2, -0.15) is 5.06 Å². The summed E-state index contributed by atoms with van der Waals surface area (Å²) >= 11 is 0.896. The first kappa shape index (κ1) is 19.3. The number of urea groups is 1. The first-order valence-corrected chi connectivity index (χ1v) is 9.93. The van der Waals surface area contributed by atoms with Crippen molar-refractivity contribution in [2.24, 2.45) is 0 Å². The van der Waals surface area contributed by atoms with Gasteiger partial charge < -0.3 is 4.90 Å². The molecule has 2 aromatic rings. The summed E-state index contributed by atoms with van der Waals surface area (Å²) in [7, 11) is 0. The van der Waals surface area contributed by atoms with E-state index in [-0.39, 0.29) is 29.5 Å². The molecule has 2 saturated heterocycles. The highest BCUT2D eigenvalue weighted by molar-refractivity contribution is 8.13. The summed E-state index contributed by atoms with van der Waals surface area (Å²) in [6.07, 6.45) is 2.33. The van der Waals surface area contributed by atoms with Crippen LogP contribution in [0.4, 0.5) is 10.5 Å². The quantitative estimate of drug-likeness (QED) is 0.406. The molecular weight excluding hydrogens is 396 g/mol. The molecule has 3 heterocycles. The van der Waals surface area contributed by atoms with Crippen LogP contribution in [0.2, 0.25) is 0 Å².